The summed E-state index contributed by atoms with van der Waals surface area (Å²) in [4.78, 5) is 15.4. The molecule has 0 aliphatic rings. The van der Waals surface area contributed by atoms with Crippen molar-refractivity contribution in [3.8, 4) is 0 Å². The van der Waals surface area contributed by atoms with Gasteiger partial charge in [-0.05, 0) is 11.6 Å². The molecule has 0 heterocycles. The Labute approximate surface area is 106 Å². The molecule has 0 spiro atoms. The van der Waals surface area contributed by atoms with E-state index < -0.39 is 0 Å². The van der Waals surface area contributed by atoms with Gasteiger partial charge in [0.05, 0.1) is 6.57 Å². The summed E-state index contributed by atoms with van der Waals surface area (Å²) < 4.78 is 0. The Kier molecular flexibility index (Phi) is 3.68. The van der Waals surface area contributed by atoms with Gasteiger partial charge in [-0.1, -0.05) is 60.7 Å². The number of allylic oxidation sites excluding steroid dienone is 1. The van der Waals surface area contributed by atoms with Gasteiger partial charge in [-0.3, -0.25) is 0 Å². The normalized spacial score (nSPS) is 10.7. The third-order valence-corrected chi connectivity index (χ3v) is 2.49. The minimum atomic E-state index is -0.241. The molecule has 18 heavy (non-hydrogen) atoms. The fourth-order valence-corrected chi connectivity index (χ4v) is 1.59. The van der Waals surface area contributed by atoms with E-state index in [1.165, 1.54) is 0 Å². The summed E-state index contributed by atoms with van der Waals surface area (Å²) in [6, 6.07) is 18.2. The lowest BCUT2D eigenvalue weighted by atomic mass is 10.1. The zero-order chi connectivity index (χ0) is 12.8. The van der Waals surface area contributed by atoms with E-state index in [9.17, 15) is 4.79 Å². The third kappa shape index (κ3) is 2.72. The molecule has 0 saturated heterocycles. The molecule has 0 aliphatic carbocycles. The van der Waals surface area contributed by atoms with E-state index in [1.54, 1.807) is 30.3 Å². The Bertz CT molecular complexity index is 607. The molecule has 2 heteroatoms. The molecule has 2 aromatic rings. The second kappa shape index (κ2) is 5.60. The first-order valence-electron chi connectivity index (χ1n) is 5.55. The first-order chi connectivity index (χ1) is 8.81. The zero-order valence-corrected chi connectivity index (χ0v) is 9.71. The molecule has 86 valence electrons. The lowest BCUT2D eigenvalue weighted by Crippen LogP contribution is -1.99. The highest BCUT2D eigenvalue weighted by Crippen LogP contribution is 2.13. The largest absolute Gasteiger partial charge is 0.302 e. The van der Waals surface area contributed by atoms with Crippen molar-refractivity contribution in [2.24, 2.45) is 0 Å². The molecule has 0 aromatic heterocycles. The van der Waals surface area contributed by atoms with Crippen LogP contribution in [-0.2, 0) is 0 Å². The predicted molar refractivity (Wildman–Crippen MR) is 71.8 cm³/mol. The lowest BCUT2D eigenvalue weighted by Gasteiger charge is -1.99. The summed E-state index contributed by atoms with van der Waals surface area (Å²) >= 11 is 0. The van der Waals surface area contributed by atoms with Crippen LogP contribution in [0.25, 0.3) is 10.9 Å². The van der Waals surface area contributed by atoms with Crippen molar-refractivity contribution in [3.05, 3.63) is 88.9 Å². The molecule has 0 fully saturated rings. The van der Waals surface area contributed by atoms with Gasteiger partial charge in [-0.15, -0.1) is 0 Å². The number of ketones is 1. The highest BCUT2D eigenvalue weighted by Gasteiger charge is 2.11. The van der Waals surface area contributed by atoms with Crippen LogP contribution in [0.1, 0.15) is 15.9 Å². The fourth-order valence-electron chi connectivity index (χ4n) is 1.59. The van der Waals surface area contributed by atoms with Gasteiger partial charge in [0.15, 0.2) is 5.78 Å². The monoisotopic (exact) mass is 233 g/mol. The molecule has 0 N–H and O–H groups in total. The Balaban J connectivity index is 2.34. The van der Waals surface area contributed by atoms with Gasteiger partial charge in [-0.2, -0.15) is 0 Å². The van der Waals surface area contributed by atoms with E-state index in [1.807, 2.05) is 36.4 Å². The molecule has 0 unspecified atom stereocenters. The average Bonchev–Trinajstić information content (AvgIpc) is 2.46. The maximum atomic E-state index is 12.1. The van der Waals surface area contributed by atoms with Gasteiger partial charge in [0.25, 0.3) is 0 Å². The van der Waals surface area contributed by atoms with Crippen molar-refractivity contribution in [2.45, 2.75) is 0 Å². The van der Waals surface area contributed by atoms with Crippen molar-refractivity contribution in [3.63, 3.8) is 0 Å². The molecule has 0 saturated carbocycles. The van der Waals surface area contributed by atoms with Crippen LogP contribution in [0.5, 0.6) is 0 Å². The molecular formula is C16H11NO. The van der Waals surface area contributed by atoms with E-state index in [2.05, 4.69) is 4.85 Å². The predicted octanol–water partition coefficient (Wildman–Crippen LogP) is 3.83. The van der Waals surface area contributed by atoms with E-state index >= 15 is 0 Å². The number of rotatable bonds is 3. The van der Waals surface area contributed by atoms with Crippen LogP contribution in [0.3, 0.4) is 0 Å². The quantitative estimate of drug-likeness (QED) is 0.448. The van der Waals surface area contributed by atoms with Crippen LogP contribution in [0, 0.1) is 6.57 Å². The minimum Gasteiger partial charge on any atom is -0.302 e. The Hall–Kier alpha value is -2.66. The summed E-state index contributed by atoms with van der Waals surface area (Å²) in [5.41, 5.74) is 1.52. The molecule has 0 amide bonds. The number of hydrogen-bond donors (Lipinski definition) is 0. The third-order valence-electron chi connectivity index (χ3n) is 2.49. The Morgan fingerprint density at radius 1 is 0.944 bits per heavy atom. The van der Waals surface area contributed by atoms with E-state index in [0.29, 0.717) is 5.56 Å². The number of hydrogen-bond acceptors (Lipinski definition) is 1. The highest BCUT2D eigenvalue weighted by molar-refractivity contribution is 6.12. The van der Waals surface area contributed by atoms with Crippen LogP contribution < -0.4 is 0 Å². The minimum absolute atomic E-state index is 0.132. The molecule has 0 radical (unpaired) electrons. The number of carbonyl (C=O) groups excluding carboxylic acids is 1. The van der Waals surface area contributed by atoms with Crippen molar-refractivity contribution >= 4 is 11.9 Å². The van der Waals surface area contributed by atoms with E-state index in [0.717, 1.165) is 5.56 Å². The summed E-state index contributed by atoms with van der Waals surface area (Å²) in [5.74, 6) is -0.241. The highest BCUT2D eigenvalue weighted by atomic mass is 16.1. The van der Waals surface area contributed by atoms with Gasteiger partial charge in [0, 0.05) is 5.56 Å². The van der Waals surface area contributed by atoms with Crippen molar-refractivity contribution < 1.29 is 4.79 Å². The maximum absolute atomic E-state index is 12.1. The number of nitrogens with zero attached hydrogens (tertiary/aromatic N) is 1. The topological polar surface area (TPSA) is 21.4 Å². The summed E-state index contributed by atoms with van der Waals surface area (Å²) in [7, 11) is 0. The van der Waals surface area contributed by atoms with E-state index in [-0.39, 0.29) is 11.5 Å². The summed E-state index contributed by atoms with van der Waals surface area (Å²) in [6.07, 6.45) is 1.61. The number of carbonyl (C=O) groups is 1. The van der Waals surface area contributed by atoms with Gasteiger partial charge in [-0.25, -0.2) is 4.85 Å². The van der Waals surface area contributed by atoms with Crippen molar-refractivity contribution in [1.29, 1.82) is 0 Å². The van der Waals surface area contributed by atoms with Gasteiger partial charge in [0.2, 0.25) is 5.70 Å². The summed E-state index contributed by atoms with van der Waals surface area (Å²) in [5, 5.41) is 0. The second-order valence-electron chi connectivity index (χ2n) is 3.75. The molecule has 0 bridgehead atoms. The Morgan fingerprint density at radius 3 is 2.06 bits per heavy atom. The molecule has 0 aliphatic heterocycles. The van der Waals surface area contributed by atoms with Crippen LogP contribution in [0.4, 0.5) is 0 Å². The van der Waals surface area contributed by atoms with Crippen molar-refractivity contribution in [1.82, 2.24) is 0 Å². The van der Waals surface area contributed by atoms with Gasteiger partial charge in [0.1, 0.15) is 0 Å². The standard InChI is InChI=1S/C16H11NO/c1-17-15(12-13-8-4-2-5-9-13)16(18)14-10-6-3-7-11-14/h2-12H/b15-12-. The van der Waals surface area contributed by atoms with Gasteiger partial charge < -0.3 is 4.79 Å². The maximum Gasteiger partial charge on any atom is 0.234 e. The first kappa shape index (κ1) is 11.8. The molecule has 2 aromatic carbocycles. The summed E-state index contributed by atoms with van der Waals surface area (Å²) in [6.45, 7) is 7.12. The molecule has 2 rings (SSSR count). The average molecular weight is 233 g/mol. The second-order valence-corrected chi connectivity index (χ2v) is 3.75. The number of benzene rings is 2. The first-order valence-corrected chi connectivity index (χ1v) is 5.55. The van der Waals surface area contributed by atoms with Crippen LogP contribution in [0.15, 0.2) is 66.4 Å². The van der Waals surface area contributed by atoms with Crippen LogP contribution >= 0.6 is 0 Å². The fraction of sp³-hybridized carbons (Fsp3) is 0. The molecule has 0 atom stereocenters. The lowest BCUT2D eigenvalue weighted by molar-refractivity contribution is 0.103. The van der Waals surface area contributed by atoms with Crippen LogP contribution in [0.2, 0.25) is 0 Å². The van der Waals surface area contributed by atoms with E-state index in [4.69, 9.17) is 6.57 Å². The van der Waals surface area contributed by atoms with Gasteiger partial charge >= 0.3 is 0 Å². The number of Topliss-reactive ketones (excluding diaryl/α,β-unsaturated/α-hetero) is 1. The smallest absolute Gasteiger partial charge is 0.234 e. The molecule has 2 nitrogen and oxygen atoms in total. The zero-order valence-electron chi connectivity index (χ0n) is 9.71. The SMILES string of the molecule is [C-]#[N+]/C(=C\c1ccccc1)C(=O)c1ccccc1. The van der Waals surface area contributed by atoms with Crippen molar-refractivity contribution in [2.75, 3.05) is 0 Å². The van der Waals surface area contributed by atoms with Crippen LogP contribution in [-0.4, -0.2) is 5.78 Å². The molecular weight excluding hydrogens is 222 g/mol. The Morgan fingerprint density at radius 2 is 1.50 bits per heavy atom.